The van der Waals surface area contributed by atoms with E-state index in [1.165, 1.54) is 18.9 Å². The molecule has 1 saturated heterocycles. The first kappa shape index (κ1) is 21.6. The molecule has 0 aliphatic carbocycles. The van der Waals surface area contributed by atoms with Crippen LogP contribution in [0, 0.1) is 11.7 Å². The Morgan fingerprint density at radius 2 is 2.00 bits per heavy atom. The second-order valence-corrected chi connectivity index (χ2v) is 8.26. The lowest BCUT2D eigenvalue weighted by Gasteiger charge is -2.28. The van der Waals surface area contributed by atoms with Gasteiger partial charge in [-0.25, -0.2) is 4.39 Å². The van der Waals surface area contributed by atoms with Gasteiger partial charge in [-0.1, -0.05) is 17.7 Å². The molecule has 8 heteroatoms. The highest BCUT2D eigenvalue weighted by molar-refractivity contribution is 6.31. The van der Waals surface area contributed by atoms with E-state index in [4.69, 9.17) is 21.1 Å². The molecule has 1 aliphatic heterocycles. The van der Waals surface area contributed by atoms with Gasteiger partial charge in [0.1, 0.15) is 11.6 Å². The largest absolute Gasteiger partial charge is 0.497 e. The molecule has 0 spiro atoms. The van der Waals surface area contributed by atoms with Gasteiger partial charge in [-0.15, -0.1) is 0 Å². The molecule has 2 heterocycles. The Morgan fingerprint density at radius 1 is 1.19 bits per heavy atom. The molecule has 1 aromatic heterocycles. The molecular formula is C23H26ClFN4O2. The molecule has 164 valence electrons. The van der Waals surface area contributed by atoms with Crippen molar-refractivity contribution in [2.24, 2.45) is 5.92 Å². The first-order valence-corrected chi connectivity index (χ1v) is 10.8. The van der Waals surface area contributed by atoms with Gasteiger partial charge in [-0.3, -0.25) is 0 Å². The van der Waals surface area contributed by atoms with Gasteiger partial charge in [0.25, 0.3) is 0 Å². The fraction of sp³-hybridized carbons (Fsp3) is 0.391. The molecule has 2 aromatic carbocycles. The van der Waals surface area contributed by atoms with Gasteiger partial charge < -0.3 is 19.7 Å². The van der Waals surface area contributed by atoms with E-state index in [-0.39, 0.29) is 16.7 Å². The van der Waals surface area contributed by atoms with Gasteiger partial charge in [0.05, 0.1) is 29.9 Å². The number of halogens is 2. The number of hydrogen-bond donors (Lipinski definition) is 1. The summed E-state index contributed by atoms with van der Waals surface area (Å²) >= 11 is 5.93. The van der Waals surface area contributed by atoms with E-state index in [9.17, 15) is 4.39 Å². The molecule has 0 unspecified atom stereocenters. The van der Waals surface area contributed by atoms with Crippen LogP contribution >= 0.6 is 11.6 Å². The van der Waals surface area contributed by atoms with E-state index in [0.29, 0.717) is 29.6 Å². The standard InChI is InChI=1S/C23H26ClFN4O2/c1-29-11-8-15(9-12-29)10-13-31-23-27-20-14-16(30-2)6-7-17(20)22(28-23)26-19-5-3-4-18(24)21(19)25/h3-7,14-15H,8-13H2,1-2H3,(H,26,27,28). The van der Waals surface area contributed by atoms with Crippen LogP contribution in [0.15, 0.2) is 36.4 Å². The number of anilines is 2. The van der Waals surface area contributed by atoms with Crippen LogP contribution in [0.2, 0.25) is 5.02 Å². The molecule has 0 atom stereocenters. The van der Waals surface area contributed by atoms with Crippen molar-refractivity contribution >= 4 is 34.0 Å². The van der Waals surface area contributed by atoms with Crippen LogP contribution in [0.1, 0.15) is 19.3 Å². The van der Waals surface area contributed by atoms with Crippen molar-refractivity contribution in [2.45, 2.75) is 19.3 Å². The van der Waals surface area contributed by atoms with Crippen molar-refractivity contribution in [1.29, 1.82) is 0 Å². The summed E-state index contributed by atoms with van der Waals surface area (Å²) in [5.41, 5.74) is 0.883. The third kappa shape index (κ3) is 5.17. The highest BCUT2D eigenvalue weighted by Gasteiger charge is 2.17. The van der Waals surface area contributed by atoms with Crippen molar-refractivity contribution in [1.82, 2.24) is 14.9 Å². The molecule has 1 N–H and O–H groups in total. The number of likely N-dealkylation sites (tertiary alicyclic amines) is 1. The minimum Gasteiger partial charge on any atom is -0.497 e. The Morgan fingerprint density at radius 3 is 2.77 bits per heavy atom. The predicted molar refractivity (Wildman–Crippen MR) is 121 cm³/mol. The van der Waals surface area contributed by atoms with Crippen LogP contribution in [0.5, 0.6) is 11.8 Å². The van der Waals surface area contributed by atoms with Crippen molar-refractivity contribution in [2.75, 3.05) is 39.2 Å². The molecule has 4 rings (SSSR count). The van der Waals surface area contributed by atoms with Gasteiger partial charge >= 0.3 is 6.01 Å². The van der Waals surface area contributed by atoms with Crippen molar-refractivity contribution < 1.29 is 13.9 Å². The first-order valence-electron chi connectivity index (χ1n) is 10.4. The topological polar surface area (TPSA) is 59.5 Å². The maximum Gasteiger partial charge on any atom is 0.318 e. The number of fused-ring (bicyclic) bond motifs is 1. The van der Waals surface area contributed by atoms with Crippen LogP contribution in [-0.2, 0) is 0 Å². The molecular weight excluding hydrogens is 419 g/mol. The van der Waals surface area contributed by atoms with Crippen LogP contribution < -0.4 is 14.8 Å². The Hall–Kier alpha value is -2.64. The fourth-order valence-corrected chi connectivity index (χ4v) is 3.94. The number of nitrogens with zero attached hydrogens (tertiary/aromatic N) is 3. The number of hydrogen-bond acceptors (Lipinski definition) is 6. The number of rotatable bonds is 7. The lowest BCUT2D eigenvalue weighted by Crippen LogP contribution is -2.30. The number of piperidine rings is 1. The van der Waals surface area contributed by atoms with Crippen LogP contribution in [-0.4, -0.2) is 48.7 Å². The lowest BCUT2D eigenvalue weighted by atomic mass is 9.94. The van der Waals surface area contributed by atoms with Gasteiger partial charge in [0.2, 0.25) is 0 Å². The van der Waals surface area contributed by atoms with E-state index >= 15 is 0 Å². The quantitative estimate of drug-likeness (QED) is 0.534. The van der Waals surface area contributed by atoms with Gasteiger partial charge in [0, 0.05) is 11.5 Å². The Labute approximate surface area is 186 Å². The van der Waals surface area contributed by atoms with Gasteiger partial charge in [-0.2, -0.15) is 9.97 Å². The third-order valence-electron chi connectivity index (χ3n) is 5.68. The summed E-state index contributed by atoms with van der Waals surface area (Å²) in [5, 5.41) is 3.81. The summed E-state index contributed by atoms with van der Waals surface area (Å²) in [6.45, 7) is 2.78. The summed E-state index contributed by atoms with van der Waals surface area (Å²) in [4.78, 5) is 11.4. The minimum atomic E-state index is -0.533. The second-order valence-electron chi connectivity index (χ2n) is 7.85. The average molecular weight is 445 g/mol. The molecule has 31 heavy (non-hydrogen) atoms. The maximum atomic E-state index is 14.5. The monoisotopic (exact) mass is 444 g/mol. The molecule has 1 aliphatic rings. The van der Waals surface area contributed by atoms with E-state index in [1.54, 1.807) is 25.3 Å². The maximum absolute atomic E-state index is 14.5. The average Bonchev–Trinajstić information content (AvgIpc) is 2.78. The third-order valence-corrected chi connectivity index (χ3v) is 5.98. The highest BCUT2D eigenvalue weighted by atomic mass is 35.5. The first-order chi connectivity index (χ1) is 15.0. The van der Waals surface area contributed by atoms with E-state index < -0.39 is 5.82 Å². The summed E-state index contributed by atoms with van der Waals surface area (Å²) in [7, 11) is 3.75. The highest BCUT2D eigenvalue weighted by Crippen LogP contribution is 2.31. The SMILES string of the molecule is COc1ccc2c(Nc3cccc(Cl)c3F)nc(OCCC3CCN(C)CC3)nc2c1. The number of methoxy groups -OCH3 is 1. The molecule has 3 aromatic rings. The Kier molecular flexibility index (Phi) is 6.73. The van der Waals surface area contributed by atoms with Crippen LogP contribution in [0.3, 0.4) is 0 Å². The molecule has 0 amide bonds. The summed E-state index contributed by atoms with van der Waals surface area (Å²) in [6.07, 6.45) is 3.31. The predicted octanol–water partition coefficient (Wildman–Crippen LogP) is 5.29. The van der Waals surface area contributed by atoms with Crippen LogP contribution in [0.25, 0.3) is 10.9 Å². The number of ether oxygens (including phenoxy) is 2. The molecule has 1 fully saturated rings. The Balaban J connectivity index is 1.57. The van der Waals surface area contributed by atoms with Gasteiger partial charge in [-0.05, 0) is 69.6 Å². The Bertz CT molecular complexity index is 1060. The number of nitrogens with one attached hydrogen (secondary N) is 1. The van der Waals surface area contributed by atoms with E-state index in [0.717, 1.165) is 24.9 Å². The van der Waals surface area contributed by atoms with Crippen molar-refractivity contribution in [3.05, 3.63) is 47.2 Å². The lowest BCUT2D eigenvalue weighted by molar-refractivity contribution is 0.183. The zero-order chi connectivity index (χ0) is 21.8. The molecule has 0 bridgehead atoms. The smallest absolute Gasteiger partial charge is 0.318 e. The normalized spacial score (nSPS) is 15.2. The van der Waals surface area contributed by atoms with Crippen molar-refractivity contribution in [3.8, 4) is 11.8 Å². The minimum absolute atomic E-state index is 0.0413. The van der Waals surface area contributed by atoms with Crippen molar-refractivity contribution in [3.63, 3.8) is 0 Å². The summed E-state index contributed by atoms with van der Waals surface area (Å²) in [6, 6.07) is 10.5. The summed E-state index contributed by atoms with van der Waals surface area (Å²) < 4.78 is 25.7. The molecule has 6 nitrogen and oxygen atoms in total. The number of aromatic nitrogens is 2. The van der Waals surface area contributed by atoms with Gasteiger partial charge in [0.15, 0.2) is 5.82 Å². The molecule has 0 radical (unpaired) electrons. The number of benzene rings is 2. The van der Waals surface area contributed by atoms with E-state index in [1.807, 2.05) is 12.1 Å². The zero-order valence-corrected chi connectivity index (χ0v) is 18.5. The van der Waals surface area contributed by atoms with E-state index in [2.05, 4.69) is 27.2 Å². The summed E-state index contributed by atoms with van der Waals surface area (Å²) in [5.74, 6) is 1.23. The zero-order valence-electron chi connectivity index (χ0n) is 17.7. The van der Waals surface area contributed by atoms with Crippen LogP contribution in [0.4, 0.5) is 15.9 Å². The second kappa shape index (κ2) is 9.66. The fourth-order valence-electron chi connectivity index (χ4n) is 3.77. The molecule has 0 saturated carbocycles.